The predicted octanol–water partition coefficient (Wildman–Crippen LogP) is 2.48. The highest BCUT2D eigenvalue weighted by Gasteiger charge is 2.27. The van der Waals surface area contributed by atoms with Crippen LogP contribution in [0.4, 0.5) is 0 Å². The molecular formula is C21H20N2O5. The molecule has 0 radical (unpaired) electrons. The van der Waals surface area contributed by atoms with Gasteiger partial charge >= 0.3 is 5.97 Å². The molecular weight excluding hydrogens is 360 g/mol. The molecule has 1 aromatic heterocycles. The maximum absolute atomic E-state index is 12.3. The molecule has 3 aromatic rings. The van der Waals surface area contributed by atoms with Crippen molar-refractivity contribution in [2.24, 2.45) is 0 Å². The molecule has 144 valence electrons. The summed E-state index contributed by atoms with van der Waals surface area (Å²) in [5, 5.41) is 15.6. The largest absolute Gasteiger partial charge is 0.502 e. The van der Waals surface area contributed by atoms with Crippen LogP contribution in [-0.2, 0) is 9.47 Å². The fourth-order valence-corrected chi connectivity index (χ4v) is 3.01. The number of aromatic nitrogens is 2. The molecule has 1 unspecified atom stereocenters. The summed E-state index contributed by atoms with van der Waals surface area (Å²) in [6.45, 7) is -0.0832. The topological polar surface area (TPSA) is 102 Å². The van der Waals surface area contributed by atoms with Crippen LogP contribution in [-0.4, -0.2) is 41.1 Å². The van der Waals surface area contributed by atoms with E-state index in [9.17, 15) is 14.7 Å². The maximum Gasteiger partial charge on any atom is 0.360 e. The van der Waals surface area contributed by atoms with Gasteiger partial charge < -0.3 is 14.6 Å². The molecule has 0 bridgehead atoms. The lowest BCUT2D eigenvalue weighted by Crippen LogP contribution is -2.29. The highest BCUT2D eigenvalue weighted by Crippen LogP contribution is 2.30. The van der Waals surface area contributed by atoms with Crippen molar-refractivity contribution < 1.29 is 19.4 Å². The summed E-state index contributed by atoms with van der Waals surface area (Å²) in [5.41, 5.74) is 0.863. The number of nitrogens with zero attached hydrogens (tertiary/aromatic N) is 1. The number of nitrogens with one attached hydrogen (secondary N) is 1. The van der Waals surface area contributed by atoms with Gasteiger partial charge in [0.2, 0.25) is 5.43 Å². The van der Waals surface area contributed by atoms with E-state index in [1.54, 1.807) is 7.11 Å². The van der Waals surface area contributed by atoms with Gasteiger partial charge in [-0.2, -0.15) is 5.10 Å². The summed E-state index contributed by atoms with van der Waals surface area (Å²) >= 11 is 0. The number of hydrogen-bond donors (Lipinski definition) is 2. The molecule has 0 fully saturated rings. The van der Waals surface area contributed by atoms with Crippen LogP contribution in [0, 0.1) is 0 Å². The van der Waals surface area contributed by atoms with Gasteiger partial charge in [0.15, 0.2) is 11.4 Å². The summed E-state index contributed by atoms with van der Waals surface area (Å²) in [6.07, 6.45) is 0.393. The van der Waals surface area contributed by atoms with Gasteiger partial charge in [-0.25, -0.2) is 4.79 Å². The van der Waals surface area contributed by atoms with Gasteiger partial charge in [0, 0.05) is 13.0 Å². The van der Waals surface area contributed by atoms with Crippen LogP contribution in [0.25, 0.3) is 0 Å². The summed E-state index contributed by atoms with van der Waals surface area (Å²) < 4.78 is 10.9. The number of H-pyrrole nitrogens is 1. The van der Waals surface area contributed by atoms with E-state index in [-0.39, 0.29) is 12.5 Å². The van der Waals surface area contributed by atoms with E-state index >= 15 is 0 Å². The van der Waals surface area contributed by atoms with Crippen molar-refractivity contribution in [1.82, 2.24) is 10.2 Å². The Balaban J connectivity index is 1.84. The summed E-state index contributed by atoms with van der Waals surface area (Å²) in [5.74, 6) is -1.79. The van der Waals surface area contributed by atoms with Crippen LogP contribution in [0.3, 0.4) is 0 Å². The molecule has 1 heterocycles. The molecule has 2 aromatic carbocycles. The fraction of sp³-hybridized carbons (Fsp3) is 0.190. The van der Waals surface area contributed by atoms with Crippen molar-refractivity contribution in [3.63, 3.8) is 0 Å². The van der Waals surface area contributed by atoms with Gasteiger partial charge in [-0.1, -0.05) is 60.7 Å². The van der Waals surface area contributed by atoms with Crippen LogP contribution < -0.4 is 5.43 Å². The van der Waals surface area contributed by atoms with Crippen molar-refractivity contribution in [1.29, 1.82) is 0 Å². The zero-order valence-electron chi connectivity index (χ0n) is 15.2. The van der Waals surface area contributed by atoms with Gasteiger partial charge in [0.05, 0.1) is 6.20 Å². The number of hydrogen-bond acceptors (Lipinski definition) is 6. The minimum absolute atomic E-state index is 0.0832. The highest BCUT2D eigenvalue weighted by atomic mass is 16.6. The number of methoxy groups -OCH3 is 1. The second-order valence-electron chi connectivity index (χ2n) is 6.13. The molecule has 0 aliphatic rings. The number of aromatic amines is 1. The second kappa shape index (κ2) is 8.96. The molecule has 0 saturated heterocycles. The number of carbonyl (C=O) groups is 1. The Morgan fingerprint density at radius 2 is 1.64 bits per heavy atom. The van der Waals surface area contributed by atoms with Gasteiger partial charge in [-0.15, -0.1) is 0 Å². The molecule has 2 N–H and O–H groups in total. The van der Waals surface area contributed by atoms with Gasteiger partial charge in [0.25, 0.3) is 0 Å². The van der Waals surface area contributed by atoms with Crippen molar-refractivity contribution in [3.8, 4) is 5.75 Å². The van der Waals surface area contributed by atoms with E-state index in [2.05, 4.69) is 10.2 Å². The standard InChI is InChI=1S/C21H20N2O5/c1-27-17(13-28-21(26)19-20(25)16(24)12-22-23-19)18(14-8-4-2-5-9-14)15-10-6-3-7-11-15/h2-12,17-18H,13H2,1H3,(H,22,25)(H,23,24). The van der Waals surface area contributed by atoms with E-state index in [1.807, 2.05) is 60.7 Å². The first kappa shape index (κ1) is 19.3. The van der Waals surface area contributed by atoms with Crippen LogP contribution in [0.5, 0.6) is 5.75 Å². The van der Waals surface area contributed by atoms with Gasteiger partial charge in [0.1, 0.15) is 12.7 Å². The molecule has 0 aliphatic carbocycles. The molecule has 0 aliphatic heterocycles. The predicted molar refractivity (Wildman–Crippen MR) is 102 cm³/mol. The van der Waals surface area contributed by atoms with Crippen LogP contribution in [0.15, 0.2) is 71.7 Å². The summed E-state index contributed by atoms with van der Waals surface area (Å²) in [7, 11) is 1.54. The molecule has 0 spiro atoms. The van der Waals surface area contributed by atoms with Crippen LogP contribution >= 0.6 is 0 Å². The number of ether oxygens (including phenoxy) is 2. The molecule has 7 nitrogen and oxygen atoms in total. The number of rotatable bonds is 7. The molecule has 0 saturated carbocycles. The summed E-state index contributed by atoms with van der Waals surface area (Å²) in [4.78, 5) is 23.7. The monoisotopic (exact) mass is 380 g/mol. The molecule has 3 rings (SSSR count). The zero-order chi connectivity index (χ0) is 19.9. The Hall–Kier alpha value is -3.45. The van der Waals surface area contributed by atoms with E-state index < -0.39 is 28.9 Å². The molecule has 0 amide bonds. The third kappa shape index (κ3) is 4.27. The number of benzene rings is 2. The Labute approximate surface area is 161 Å². The third-order valence-electron chi connectivity index (χ3n) is 4.40. The third-order valence-corrected chi connectivity index (χ3v) is 4.40. The van der Waals surface area contributed by atoms with Crippen LogP contribution in [0.2, 0.25) is 0 Å². The van der Waals surface area contributed by atoms with Crippen molar-refractivity contribution >= 4 is 5.97 Å². The minimum Gasteiger partial charge on any atom is -0.502 e. The normalized spacial score (nSPS) is 11.9. The quantitative estimate of drug-likeness (QED) is 0.611. The number of aromatic hydroxyl groups is 1. The molecule has 7 heteroatoms. The van der Waals surface area contributed by atoms with E-state index in [0.717, 1.165) is 17.3 Å². The van der Waals surface area contributed by atoms with E-state index in [1.165, 1.54) is 0 Å². The molecule has 1 atom stereocenters. The van der Waals surface area contributed by atoms with E-state index in [0.29, 0.717) is 0 Å². The number of carbonyl (C=O) groups excluding carboxylic acids is 1. The first-order valence-corrected chi connectivity index (χ1v) is 8.68. The average Bonchev–Trinajstić information content (AvgIpc) is 2.74. The maximum atomic E-state index is 12.3. The Morgan fingerprint density at radius 3 is 2.18 bits per heavy atom. The van der Waals surface area contributed by atoms with Crippen LogP contribution in [0.1, 0.15) is 27.5 Å². The summed E-state index contributed by atoms with van der Waals surface area (Å²) in [6, 6.07) is 19.5. The van der Waals surface area contributed by atoms with Gasteiger partial charge in [-0.05, 0) is 11.1 Å². The second-order valence-corrected chi connectivity index (χ2v) is 6.13. The Kier molecular flexibility index (Phi) is 6.18. The van der Waals surface area contributed by atoms with Crippen molar-refractivity contribution in [3.05, 3.63) is 93.9 Å². The molecule has 28 heavy (non-hydrogen) atoms. The van der Waals surface area contributed by atoms with Crippen molar-refractivity contribution in [2.45, 2.75) is 12.0 Å². The Bertz CT molecular complexity index is 933. The lowest BCUT2D eigenvalue weighted by molar-refractivity contribution is 0.00445. The minimum atomic E-state index is -0.885. The first-order valence-electron chi connectivity index (χ1n) is 8.68. The lowest BCUT2D eigenvalue weighted by Gasteiger charge is -2.26. The SMILES string of the molecule is COC(COC(=O)c1[nH]ncc(=O)c1O)C(c1ccccc1)c1ccccc1. The lowest BCUT2D eigenvalue weighted by atomic mass is 9.87. The van der Waals surface area contributed by atoms with E-state index in [4.69, 9.17) is 9.47 Å². The first-order chi connectivity index (χ1) is 13.6. The average molecular weight is 380 g/mol. The number of esters is 1. The zero-order valence-corrected chi connectivity index (χ0v) is 15.2. The smallest absolute Gasteiger partial charge is 0.360 e. The van der Waals surface area contributed by atoms with Gasteiger partial charge in [-0.3, -0.25) is 9.89 Å². The Morgan fingerprint density at radius 1 is 1.07 bits per heavy atom. The highest BCUT2D eigenvalue weighted by molar-refractivity contribution is 5.89. The van der Waals surface area contributed by atoms with Crippen molar-refractivity contribution in [2.75, 3.05) is 13.7 Å². The fourth-order valence-electron chi connectivity index (χ4n) is 3.01.